The van der Waals surface area contributed by atoms with Gasteiger partial charge in [-0.2, -0.15) is 0 Å². The minimum atomic E-state index is -0.584. The topological polar surface area (TPSA) is 80.9 Å². The van der Waals surface area contributed by atoms with Gasteiger partial charge in [0.15, 0.2) is 5.82 Å². The molecule has 2 heterocycles. The first-order valence-corrected chi connectivity index (χ1v) is 12.5. The van der Waals surface area contributed by atoms with Crippen molar-refractivity contribution in [2.45, 2.75) is 39.7 Å². The molecule has 0 spiro atoms. The highest BCUT2D eigenvalue weighted by Crippen LogP contribution is 2.30. The summed E-state index contributed by atoms with van der Waals surface area (Å²) in [7, 11) is 0. The van der Waals surface area contributed by atoms with E-state index in [0.29, 0.717) is 18.8 Å². The minimum absolute atomic E-state index is 0.0803. The number of pyridine rings is 1. The molecule has 3 aromatic carbocycles. The Bertz CT molecular complexity index is 1630. The summed E-state index contributed by atoms with van der Waals surface area (Å²) in [4.78, 5) is 27.8. The molecule has 0 unspecified atom stereocenters. The average molecular weight is 492 g/mol. The maximum absolute atomic E-state index is 13.7. The van der Waals surface area contributed by atoms with Gasteiger partial charge in [-0.3, -0.25) is 14.3 Å². The van der Waals surface area contributed by atoms with Gasteiger partial charge in [0.1, 0.15) is 0 Å². The van der Waals surface area contributed by atoms with Crippen LogP contribution in [0.3, 0.4) is 0 Å². The van der Waals surface area contributed by atoms with E-state index in [1.165, 1.54) is 0 Å². The zero-order chi connectivity index (χ0) is 25.8. The summed E-state index contributed by atoms with van der Waals surface area (Å²) in [6.45, 7) is 4.72. The van der Waals surface area contributed by atoms with E-state index in [1.54, 1.807) is 0 Å². The Hall–Kier alpha value is -4.45. The molecule has 0 aliphatic carbocycles. The lowest BCUT2D eigenvalue weighted by molar-refractivity contribution is 0.388. The fourth-order valence-electron chi connectivity index (χ4n) is 4.82. The highest BCUT2D eigenvalue weighted by molar-refractivity contribution is 5.80. The molecule has 6 nitrogen and oxygen atoms in total. The van der Waals surface area contributed by atoms with Crippen LogP contribution in [0.1, 0.15) is 41.3 Å². The maximum Gasteiger partial charge on any atom is 0.439 e. The average Bonchev–Trinajstić information content (AvgIpc) is 3.36. The van der Waals surface area contributed by atoms with Crippen molar-refractivity contribution in [1.82, 2.24) is 14.7 Å². The molecule has 0 radical (unpaired) electrons. The van der Waals surface area contributed by atoms with Gasteiger partial charge in [-0.15, -0.1) is 0 Å². The summed E-state index contributed by atoms with van der Waals surface area (Å²) in [5.74, 6) is -0.188. The van der Waals surface area contributed by atoms with Gasteiger partial charge in [-0.1, -0.05) is 97.4 Å². The summed E-state index contributed by atoms with van der Waals surface area (Å²) in [5.41, 5.74) is 7.94. The van der Waals surface area contributed by atoms with Gasteiger partial charge in [0, 0.05) is 23.2 Å². The summed E-state index contributed by atoms with van der Waals surface area (Å²) >= 11 is 0. The fraction of sp³-hybridized carbons (Fsp3) is 0.194. The van der Waals surface area contributed by atoms with Crippen molar-refractivity contribution in [3.8, 4) is 22.5 Å². The van der Waals surface area contributed by atoms with E-state index in [-0.39, 0.29) is 5.56 Å². The van der Waals surface area contributed by atoms with Gasteiger partial charge in [0.05, 0.1) is 6.54 Å². The Morgan fingerprint density at radius 3 is 2.24 bits per heavy atom. The van der Waals surface area contributed by atoms with Crippen molar-refractivity contribution < 1.29 is 4.52 Å². The van der Waals surface area contributed by atoms with E-state index in [1.807, 2.05) is 66.1 Å². The number of aromatic amines is 1. The lowest BCUT2D eigenvalue weighted by Crippen LogP contribution is -2.28. The Morgan fingerprint density at radius 2 is 1.57 bits per heavy atom. The number of hydrogen-bond donors (Lipinski definition) is 1. The van der Waals surface area contributed by atoms with Crippen LogP contribution in [0.25, 0.3) is 22.5 Å². The molecule has 37 heavy (non-hydrogen) atoms. The van der Waals surface area contributed by atoms with Crippen molar-refractivity contribution in [1.29, 1.82) is 0 Å². The van der Waals surface area contributed by atoms with E-state index < -0.39 is 5.76 Å². The number of aryl methyl sites for hydroxylation is 2. The van der Waals surface area contributed by atoms with Crippen molar-refractivity contribution in [3.05, 3.63) is 134 Å². The molecule has 0 fully saturated rings. The highest BCUT2D eigenvalue weighted by Gasteiger charge is 2.15. The molecular formula is C31H29N3O3. The molecule has 0 bridgehead atoms. The Balaban J connectivity index is 1.48. The third kappa shape index (κ3) is 5.23. The van der Waals surface area contributed by atoms with E-state index in [4.69, 9.17) is 4.52 Å². The van der Waals surface area contributed by atoms with Crippen LogP contribution in [-0.2, 0) is 19.4 Å². The number of H-pyrrole nitrogens is 1. The predicted octanol–water partition coefficient (Wildman–Crippen LogP) is 5.76. The largest absolute Gasteiger partial charge is 0.439 e. The Kier molecular flexibility index (Phi) is 6.99. The quantitative estimate of drug-likeness (QED) is 0.299. The third-order valence-corrected chi connectivity index (χ3v) is 6.67. The minimum Gasteiger partial charge on any atom is -0.308 e. The predicted molar refractivity (Wildman–Crippen MR) is 146 cm³/mol. The van der Waals surface area contributed by atoms with Crippen LogP contribution < -0.4 is 11.3 Å². The normalized spacial score (nSPS) is 11.1. The van der Waals surface area contributed by atoms with Gasteiger partial charge in [0.25, 0.3) is 5.56 Å². The summed E-state index contributed by atoms with van der Waals surface area (Å²) in [5, 5.41) is 3.85. The molecule has 186 valence electrons. The van der Waals surface area contributed by atoms with Crippen LogP contribution in [0.2, 0.25) is 0 Å². The van der Waals surface area contributed by atoms with Crippen LogP contribution in [0.4, 0.5) is 0 Å². The van der Waals surface area contributed by atoms with Crippen molar-refractivity contribution in [2.24, 2.45) is 0 Å². The van der Waals surface area contributed by atoms with E-state index in [2.05, 4.69) is 47.4 Å². The van der Waals surface area contributed by atoms with Gasteiger partial charge >= 0.3 is 5.76 Å². The lowest BCUT2D eigenvalue weighted by atomic mass is 9.94. The zero-order valence-corrected chi connectivity index (χ0v) is 21.0. The standard InChI is InChI=1S/C31H29N3O3/c1-3-9-25-18-21(2)34(20-23-10-5-4-6-11-23)30(35)28(25)19-22-14-16-24(17-15-22)26-12-7-8-13-27(26)29-32-31(36)37-33-29/h4-8,10-18H,3,9,19-20H2,1-2H3,(H,32,33,36). The third-order valence-electron chi connectivity index (χ3n) is 6.67. The fourth-order valence-corrected chi connectivity index (χ4v) is 4.82. The zero-order valence-electron chi connectivity index (χ0n) is 21.0. The molecule has 0 aliphatic rings. The van der Waals surface area contributed by atoms with Crippen LogP contribution >= 0.6 is 0 Å². The molecule has 6 heteroatoms. The first-order chi connectivity index (χ1) is 18.0. The summed E-state index contributed by atoms with van der Waals surface area (Å²) in [6, 6.07) is 28.2. The number of aromatic nitrogens is 3. The first kappa shape index (κ1) is 24.3. The second-order valence-electron chi connectivity index (χ2n) is 9.28. The second kappa shape index (κ2) is 10.7. The van der Waals surface area contributed by atoms with Crippen LogP contribution in [0.5, 0.6) is 0 Å². The van der Waals surface area contributed by atoms with Gasteiger partial charge in [0.2, 0.25) is 0 Å². The van der Waals surface area contributed by atoms with Crippen LogP contribution in [-0.4, -0.2) is 14.7 Å². The van der Waals surface area contributed by atoms with Crippen LogP contribution in [0, 0.1) is 6.92 Å². The number of hydrogen-bond acceptors (Lipinski definition) is 4. The number of nitrogens with zero attached hydrogens (tertiary/aromatic N) is 2. The van der Waals surface area contributed by atoms with Gasteiger partial charge < -0.3 is 4.57 Å². The molecular weight excluding hydrogens is 462 g/mol. The summed E-state index contributed by atoms with van der Waals surface area (Å²) in [6.07, 6.45) is 2.43. The number of benzene rings is 3. The van der Waals surface area contributed by atoms with E-state index >= 15 is 0 Å². The smallest absolute Gasteiger partial charge is 0.308 e. The lowest BCUT2D eigenvalue weighted by Gasteiger charge is -2.17. The molecule has 5 rings (SSSR count). The number of rotatable bonds is 8. The second-order valence-corrected chi connectivity index (χ2v) is 9.28. The SMILES string of the molecule is CCCc1cc(C)n(Cc2ccccc2)c(=O)c1Cc1ccc(-c2ccccc2-c2noc(=O)[nH]2)cc1. The highest BCUT2D eigenvalue weighted by atomic mass is 16.5. The molecule has 5 aromatic rings. The Labute approximate surface area is 215 Å². The molecule has 0 atom stereocenters. The molecule has 2 aromatic heterocycles. The van der Waals surface area contributed by atoms with Crippen molar-refractivity contribution in [3.63, 3.8) is 0 Å². The van der Waals surface area contributed by atoms with E-state index in [9.17, 15) is 9.59 Å². The Morgan fingerprint density at radius 1 is 0.865 bits per heavy atom. The molecule has 1 N–H and O–H groups in total. The first-order valence-electron chi connectivity index (χ1n) is 12.5. The molecule has 0 amide bonds. The maximum atomic E-state index is 13.7. The van der Waals surface area contributed by atoms with Crippen LogP contribution in [0.15, 0.2) is 99.0 Å². The number of nitrogens with one attached hydrogen (secondary N) is 1. The molecule has 0 saturated heterocycles. The monoisotopic (exact) mass is 491 g/mol. The van der Waals surface area contributed by atoms with Crippen molar-refractivity contribution in [2.75, 3.05) is 0 Å². The van der Waals surface area contributed by atoms with Crippen molar-refractivity contribution >= 4 is 0 Å². The van der Waals surface area contributed by atoms with Gasteiger partial charge in [-0.05, 0) is 47.2 Å². The molecule has 0 saturated carbocycles. The van der Waals surface area contributed by atoms with E-state index in [0.717, 1.165) is 57.5 Å². The van der Waals surface area contributed by atoms with Gasteiger partial charge in [-0.25, -0.2) is 4.79 Å². The summed E-state index contributed by atoms with van der Waals surface area (Å²) < 4.78 is 6.58. The molecule has 0 aliphatic heterocycles.